The number of rotatable bonds is 5. The smallest absolute Gasteiger partial charge is 0.246 e. The minimum atomic E-state index is -0.206. The number of amides is 1. The highest BCUT2D eigenvalue weighted by atomic mass is 16.5. The van der Waals surface area contributed by atoms with Crippen LogP contribution in [0.5, 0.6) is 5.75 Å². The fourth-order valence-electron chi connectivity index (χ4n) is 3.98. The molecule has 1 saturated carbocycles. The number of nitrogens with one attached hydrogen (secondary N) is 3. The van der Waals surface area contributed by atoms with Gasteiger partial charge in [0.2, 0.25) is 5.91 Å². The van der Waals surface area contributed by atoms with Crippen molar-refractivity contribution in [3.63, 3.8) is 0 Å². The summed E-state index contributed by atoms with van der Waals surface area (Å²) in [6.07, 6.45) is 1.37. The first-order chi connectivity index (χ1) is 12.4. The standard InChI is InChI=1S/C19H28N4O3/c1-4-20-18(23-16-14-9-10-26-17(14)19(16,2)3)21-11-15(25)22-12-5-7-13(24)8-6-12/h5-8,14,16-17,24H,4,9-11H2,1-3H3,(H,22,25)(H2,20,21,23). The molecule has 0 aromatic heterocycles. The van der Waals surface area contributed by atoms with Gasteiger partial charge in [-0.1, -0.05) is 13.8 Å². The summed E-state index contributed by atoms with van der Waals surface area (Å²) in [5.41, 5.74) is 0.679. The molecule has 3 rings (SSSR count). The van der Waals surface area contributed by atoms with Crippen LogP contribution in [0.4, 0.5) is 5.69 Å². The SMILES string of the molecule is CCNC(=NCC(=O)Nc1ccc(O)cc1)NC1C2CCOC2C1(C)C. The Labute approximate surface area is 154 Å². The zero-order chi connectivity index (χ0) is 18.7. The molecule has 0 spiro atoms. The lowest BCUT2D eigenvalue weighted by molar-refractivity contribution is -0.114. The van der Waals surface area contributed by atoms with Crippen molar-refractivity contribution < 1.29 is 14.6 Å². The summed E-state index contributed by atoms with van der Waals surface area (Å²) in [4.78, 5) is 16.5. The first kappa shape index (κ1) is 18.5. The van der Waals surface area contributed by atoms with E-state index < -0.39 is 0 Å². The molecule has 0 bridgehead atoms. The van der Waals surface area contributed by atoms with Crippen LogP contribution in [0.3, 0.4) is 0 Å². The number of hydrogen-bond acceptors (Lipinski definition) is 4. The molecule has 7 nitrogen and oxygen atoms in total. The summed E-state index contributed by atoms with van der Waals surface area (Å²) in [5, 5.41) is 18.8. The first-order valence-corrected chi connectivity index (χ1v) is 9.17. The molecule has 3 atom stereocenters. The molecule has 1 amide bonds. The summed E-state index contributed by atoms with van der Waals surface area (Å²) in [5.74, 6) is 1.11. The fraction of sp³-hybridized carbons (Fsp3) is 0.579. The highest BCUT2D eigenvalue weighted by Gasteiger charge is 2.59. The molecular weight excluding hydrogens is 332 g/mol. The molecule has 4 N–H and O–H groups in total. The Morgan fingerprint density at radius 3 is 2.77 bits per heavy atom. The van der Waals surface area contributed by atoms with Gasteiger partial charge in [0, 0.05) is 36.2 Å². The van der Waals surface area contributed by atoms with E-state index in [9.17, 15) is 9.90 Å². The van der Waals surface area contributed by atoms with Crippen LogP contribution in [-0.4, -0.2) is 48.8 Å². The lowest BCUT2D eigenvalue weighted by Crippen LogP contribution is -2.68. The summed E-state index contributed by atoms with van der Waals surface area (Å²) in [6, 6.07) is 6.65. The predicted octanol–water partition coefficient (Wildman–Crippen LogP) is 1.70. The summed E-state index contributed by atoms with van der Waals surface area (Å²) in [7, 11) is 0. The number of anilines is 1. The first-order valence-electron chi connectivity index (χ1n) is 9.17. The maximum Gasteiger partial charge on any atom is 0.246 e. The topological polar surface area (TPSA) is 95.0 Å². The molecule has 1 heterocycles. The zero-order valence-corrected chi connectivity index (χ0v) is 15.6. The van der Waals surface area contributed by atoms with Gasteiger partial charge in [0.1, 0.15) is 12.3 Å². The van der Waals surface area contributed by atoms with E-state index in [0.29, 0.717) is 23.7 Å². The fourth-order valence-corrected chi connectivity index (χ4v) is 3.98. The van der Waals surface area contributed by atoms with Crippen LogP contribution in [0.2, 0.25) is 0 Å². The molecule has 1 aromatic carbocycles. The van der Waals surface area contributed by atoms with Gasteiger partial charge >= 0.3 is 0 Å². The Morgan fingerprint density at radius 2 is 2.08 bits per heavy atom. The van der Waals surface area contributed by atoms with Crippen LogP contribution in [0.15, 0.2) is 29.3 Å². The van der Waals surface area contributed by atoms with Gasteiger partial charge in [-0.05, 0) is 37.6 Å². The molecule has 7 heteroatoms. The van der Waals surface area contributed by atoms with Gasteiger partial charge in [-0.15, -0.1) is 0 Å². The van der Waals surface area contributed by atoms with Crippen molar-refractivity contribution in [3.8, 4) is 5.75 Å². The van der Waals surface area contributed by atoms with E-state index in [4.69, 9.17) is 4.74 Å². The molecule has 26 heavy (non-hydrogen) atoms. The minimum Gasteiger partial charge on any atom is -0.508 e. The molecule has 1 saturated heterocycles. The van der Waals surface area contributed by atoms with E-state index >= 15 is 0 Å². The lowest BCUT2D eigenvalue weighted by atomic mass is 9.57. The second kappa shape index (κ2) is 7.53. The van der Waals surface area contributed by atoms with Crippen molar-refractivity contribution in [2.45, 2.75) is 39.3 Å². The van der Waals surface area contributed by atoms with Gasteiger partial charge in [0.25, 0.3) is 0 Å². The third kappa shape index (κ3) is 3.77. The number of hydrogen-bond donors (Lipinski definition) is 4. The third-order valence-corrected chi connectivity index (χ3v) is 5.27. The van der Waals surface area contributed by atoms with Gasteiger partial charge in [-0.2, -0.15) is 0 Å². The van der Waals surface area contributed by atoms with Crippen molar-refractivity contribution >= 4 is 17.6 Å². The lowest BCUT2D eigenvalue weighted by Gasteiger charge is -2.54. The van der Waals surface area contributed by atoms with Crippen LogP contribution < -0.4 is 16.0 Å². The van der Waals surface area contributed by atoms with Crippen molar-refractivity contribution in [1.82, 2.24) is 10.6 Å². The monoisotopic (exact) mass is 360 g/mol. The van der Waals surface area contributed by atoms with Crippen molar-refractivity contribution in [1.29, 1.82) is 0 Å². The number of benzene rings is 1. The maximum absolute atomic E-state index is 12.1. The minimum absolute atomic E-state index is 0.0218. The van der Waals surface area contributed by atoms with E-state index in [0.717, 1.165) is 19.6 Å². The molecule has 142 valence electrons. The molecule has 2 aliphatic rings. The van der Waals surface area contributed by atoms with Crippen LogP contribution in [0, 0.1) is 11.3 Å². The summed E-state index contributed by atoms with van der Waals surface area (Å²) in [6.45, 7) is 7.98. The molecule has 0 radical (unpaired) electrons. The number of aliphatic imine (C=N–C) groups is 1. The number of guanidine groups is 1. The normalized spacial score (nSPS) is 26.6. The maximum atomic E-state index is 12.1. The summed E-state index contributed by atoms with van der Waals surface area (Å²) < 4.78 is 5.83. The molecule has 1 aromatic rings. The average molecular weight is 360 g/mol. The molecule has 1 aliphatic carbocycles. The highest BCUT2D eigenvalue weighted by molar-refractivity contribution is 5.94. The van der Waals surface area contributed by atoms with Gasteiger partial charge in [-0.25, -0.2) is 4.99 Å². The Morgan fingerprint density at radius 1 is 1.35 bits per heavy atom. The van der Waals surface area contributed by atoms with Gasteiger partial charge < -0.3 is 25.8 Å². The van der Waals surface area contributed by atoms with Crippen molar-refractivity contribution in [3.05, 3.63) is 24.3 Å². The van der Waals surface area contributed by atoms with E-state index in [2.05, 4.69) is 34.8 Å². The number of phenolic OH excluding ortho intramolecular Hbond substituents is 1. The Balaban J connectivity index is 1.58. The van der Waals surface area contributed by atoms with Crippen LogP contribution >= 0.6 is 0 Å². The average Bonchev–Trinajstić information content (AvgIpc) is 3.06. The quantitative estimate of drug-likeness (QED) is 0.364. The number of carbonyl (C=O) groups is 1. The van der Waals surface area contributed by atoms with Gasteiger partial charge in [0.05, 0.1) is 6.10 Å². The van der Waals surface area contributed by atoms with Crippen LogP contribution in [0.1, 0.15) is 27.2 Å². The van der Waals surface area contributed by atoms with E-state index in [-0.39, 0.29) is 29.7 Å². The largest absolute Gasteiger partial charge is 0.508 e. The van der Waals surface area contributed by atoms with E-state index in [1.807, 2.05) is 6.92 Å². The van der Waals surface area contributed by atoms with Crippen molar-refractivity contribution in [2.24, 2.45) is 16.3 Å². The summed E-state index contributed by atoms with van der Waals surface area (Å²) >= 11 is 0. The van der Waals surface area contributed by atoms with E-state index in [1.54, 1.807) is 12.1 Å². The second-order valence-electron chi connectivity index (χ2n) is 7.48. The molecule has 2 fully saturated rings. The number of phenols is 1. The van der Waals surface area contributed by atoms with E-state index in [1.165, 1.54) is 12.1 Å². The number of aromatic hydroxyl groups is 1. The Kier molecular flexibility index (Phi) is 5.36. The molecule has 1 aliphatic heterocycles. The molecule has 3 unspecified atom stereocenters. The Hall–Kier alpha value is -2.28. The molecular formula is C19H28N4O3. The number of nitrogens with zero attached hydrogens (tertiary/aromatic N) is 1. The zero-order valence-electron chi connectivity index (χ0n) is 15.6. The second-order valence-corrected chi connectivity index (χ2v) is 7.48. The predicted molar refractivity (Wildman–Crippen MR) is 101 cm³/mol. The van der Waals surface area contributed by atoms with Crippen molar-refractivity contribution in [2.75, 3.05) is 25.0 Å². The highest BCUT2D eigenvalue weighted by Crippen LogP contribution is 2.52. The van der Waals surface area contributed by atoms with Crippen LogP contribution in [0.25, 0.3) is 0 Å². The van der Waals surface area contributed by atoms with Gasteiger partial charge in [0.15, 0.2) is 5.96 Å². The Bertz CT molecular complexity index is 672. The number of carbonyl (C=O) groups excluding carboxylic acids is 1. The van der Waals surface area contributed by atoms with Gasteiger partial charge in [-0.3, -0.25) is 4.79 Å². The third-order valence-electron chi connectivity index (χ3n) is 5.27. The van der Waals surface area contributed by atoms with Crippen LogP contribution in [-0.2, 0) is 9.53 Å². The number of ether oxygens (including phenoxy) is 1. The number of fused-ring (bicyclic) bond motifs is 1.